The van der Waals surface area contributed by atoms with Gasteiger partial charge in [-0.25, -0.2) is 0 Å². The number of ether oxygens (including phenoxy) is 1. The lowest BCUT2D eigenvalue weighted by Crippen LogP contribution is -2.42. The van der Waals surface area contributed by atoms with Crippen molar-refractivity contribution >= 4 is 0 Å². The van der Waals surface area contributed by atoms with E-state index in [4.69, 9.17) is 4.74 Å². The SMILES string of the molecule is Cn1ccn(CC(O)C2CCOC2)c(=O)c1=O. The Kier molecular flexibility index (Phi) is 3.44. The van der Waals surface area contributed by atoms with Crippen LogP contribution in [0.15, 0.2) is 22.0 Å². The number of aliphatic hydroxyl groups excluding tert-OH is 1. The standard InChI is InChI=1S/C11H16N2O4/c1-12-3-4-13(11(16)10(12)15)6-9(14)8-2-5-17-7-8/h3-4,8-9,14H,2,5-7H2,1H3. The molecule has 1 N–H and O–H groups in total. The molecule has 6 nitrogen and oxygen atoms in total. The van der Waals surface area contributed by atoms with Crippen LogP contribution in [0.2, 0.25) is 0 Å². The van der Waals surface area contributed by atoms with E-state index in [0.717, 1.165) is 6.42 Å². The smallest absolute Gasteiger partial charge is 0.316 e. The molecule has 0 aliphatic carbocycles. The van der Waals surface area contributed by atoms with Crippen LogP contribution in [0.4, 0.5) is 0 Å². The maximum Gasteiger partial charge on any atom is 0.316 e. The fraction of sp³-hybridized carbons (Fsp3) is 0.636. The fourth-order valence-electron chi connectivity index (χ4n) is 1.94. The highest BCUT2D eigenvalue weighted by Crippen LogP contribution is 2.17. The van der Waals surface area contributed by atoms with Crippen molar-refractivity contribution in [1.29, 1.82) is 0 Å². The Morgan fingerprint density at radius 1 is 1.47 bits per heavy atom. The van der Waals surface area contributed by atoms with Crippen LogP contribution in [0.25, 0.3) is 0 Å². The van der Waals surface area contributed by atoms with Gasteiger partial charge in [0.1, 0.15) is 0 Å². The summed E-state index contributed by atoms with van der Waals surface area (Å²) in [4.78, 5) is 23.0. The van der Waals surface area contributed by atoms with E-state index >= 15 is 0 Å². The molecule has 17 heavy (non-hydrogen) atoms. The first-order valence-electron chi connectivity index (χ1n) is 5.61. The average molecular weight is 240 g/mol. The number of aryl methyl sites for hydroxylation is 1. The molecule has 2 heterocycles. The lowest BCUT2D eigenvalue weighted by atomic mass is 10.0. The summed E-state index contributed by atoms with van der Waals surface area (Å²) >= 11 is 0. The Hall–Kier alpha value is -1.40. The molecule has 2 atom stereocenters. The minimum Gasteiger partial charge on any atom is -0.391 e. The predicted molar refractivity (Wildman–Crippen MR) is 60.9 cm³/mol. The third kappa shape index (κ3) is 2.48. The van der Waals surface area contributed by atoms with Crippen LogP contribution in [0, 0.1) is 5.92 Å². The summed E-state index contributed by atoms with van der Waals surface area (Å²) < 4.78 is 7.66. The average Bonchev–Trinajstić information content (AvgIpc) is 2.83. The van der Waals surface area contributed by atoms with E-state index < -0.39 is 17.2 Å². The van der Waals surface area contributed by atoms with Crippen molar-refractivity contribution in [2.24, 2.45) is 13.0 Å². The van der Waals surface area contributed by atoms with Gasteiger partial charge in [0.2, 0.25) is 0 Å². The molecule has 1 aliphatic heterocycles. The van der Waals surface area contributed by atoms with E-state index in [9.17, 15) is 14.7 Å². The molecule has 0 aromatic carbocycles. The zero-order valence-electron chi connectivity index (χ0n) is 9.70. The van der Waals surface area contributed by atoms with E-state index in [1.807, 2.05) is 0 Å². The number of aromatic nitrogens is 2. The van der Waals surface area contributed by atoms with Crippen molar-refractivity contribution in [3.63, 3.8) is 0 Å². The molecule has 1 aliphatic rings. The third-order valence-electron chi connectivity index (χ3n) is 3.13. The van der Waals surface area contributed by atoms with Crippen molar-refractivity contribution in [1.82, 2.24) is 9.13 Å². The Bertz CT molecular complexity index is 499. The minimum atomic E-state index is -0.651. The number of rotatable bonds is 3. The third-order valence-corrected chi connectivity index (χ3v) is 3.13. The second-order valence-corrected chi connectivity index (χ2v) is 4.36. The summed E-state index contributed by atoms with van der Waals surface area (Å²) in [6.45, 7) is 1.30. The van der Waals surface area contributed by atoms with Crippen LogP contribution in [0.5, 0.6) is 0 Å². The molecule has 0 amide bonds. The van der Waals surface area contributed by atoms with E-state index in [-0.39, 0.29) is 12.5 Å². The van der Waals surface area contributed by atoms with Gasteiger partial charge in [-0.3, -0.25) is 9.59 Å². The van der Waals surface area contributed by atoms with Crippen molar-refractivity contribution in [2.45, 2.75) is 19.1 Å². The number of hydrogen-bond acceptors (Lipinski definition) is 4. The summed E-state index contributed by atoms with van der Waals surface area (Å²) in [5.74, 6) is 0.0472. The molecule has 1 aromatic heterocycles. The van der Waals surface area contributed by atoms with E-state index in [0.29, 0.717) is 13.2 Å². The molecule has 0 bridgehead atoms. The van der Waals surface area contributed by atoms with Gasteiger partial charge in [-0.1, -0.05) is 0 Å². The molecular formula is C11H16N2O4. The largest absolute Gasteiger partial charge is 0.391 e. The topological polar surface area (TPSA) is 73.5 Å². The minimum absolute atomic E-state index is 0.0472. The molecule has 2 rings (SSSR count). The van der Waals surface area contributed by atoms with E-state index in [1.165, 1.54) is 28.6 Å². The summed E-state index contributed by atoms with van der Waals surface area (Å²) in [5.41, 5.74) is -1.18. The van der Waals surface area contributed by atoms with Gasteiger partial charge in [-0.15, -0.1) is 0 Å². The van der Waals surface area contributed by atoms with Gasteiger partial charge in [0.05, 0.1) is 19.3 Å². The molecule has 0 spiro atoms. The molecule has 2 unspecified atom stereocenters. The van der Waals surface area contributed by atoms with Crippen molar-refractivity contribution < 1.29 is 9.84 Å². The van der Waals surface area contributed by atoms with Gasteiger partial charge in [0.15, 0.2) is 0 Å². The van der Waals surface area contributed by atoms with Gasteiger partial charge >= 0.3 is 11.1 Å². The second kappa shape index (κ2) is 4.85. The van der Waals surface area contributed by atoms with Crippen molar-refractivity contribution in [2.75, 3.05) is 13.2 Å². The fourth-order valence-corrected chi connectivity index (χ4v) is 1.94. The van der Waals surface area contributed by atoms with Gasteiger partial charge in [-0.05, 0) is 6.42 Å². The first kappa shape index (κ1) is 12.1. The number of aliphatic hydroxyl groups is 1. The summed E-state index contributed by atoms with van der Waals surface area (Å²) in [7, 11) is 1.52. The summed E-state index contributed by atoms with van der Waals surface area (Å²) in [6, 6.07) is 0. The zero-order valence-corrected chi connectivity index (χ0v) is 9.70. The molecular weight excluding hydrogens is 224 g/mol. The van der Waals surface area contributed by atoms with Crippen LogP contribution in [0.1, 0.15) is 6.42 Å². The lowest BCUT2D eigenvalue weighted by molar-refractivity contribution is 0.0767. The number of hydrogen-bond donors (Lipinski definition) is 1. The van der Waals surface area contributed by atoms with Gasteiger partial charge in [0, 0.05) is 32.0 Å². The van der Waals surface area contributed by atoms with Crippen molar-refractivity contribution in [3.05, 3.63) is 33.1 Å². The Morgan fingerprint density at radius 3 is 2.88 bits per heavy atom. The second-order valence-electron chi connectivity index (χ2n) is 4.36. The number of nitrogens with zero attached hydrogens (tertiary/aromatic N) is 2. The zero-order chi connectivity index (χ0) is 12.4. The molecule has 1 aromatic rings. The lowest BCUT2D eigenvalue weighted by Gasteiger charge is -2.17. The maximum atomic E-state index is 11.6. The van der Waals surface area contributed by atoms with Crippen LogP contribution in [-0.2, 0) is 18.3 Å². The van der Waals surface area contributed by atoms with Crippen molar-refractivity contribution in [3.8, 4) is 0 Å². The summed E-state index contributed by atoms with van der Waals surface area (Å²) in [5, 5.41) is 9.94. The maximum absolute atomic E-state index is 11.6. The van der Waals surface area contributed by atoms with Crippen LogP contribution in [0.3, 0.4) is 0 Å². The van der Waals surface area contributed by atoms with Gasteiger partial charge in [-0.2, -0.15) is 0 Å². The van der Waals surface area contributed by atoms with Crippen LogP contribution < -0.4 is 11.1 Å². The Balaban J connectivity index is 2.16. The quantitative estimate of drug-likeness (QED) is 0.684. The highest BCUT2D eigenvalue weighted by molar-refractivity contribution is 4.86. The molecule has 1 saturated heterocycles. The van der Waals surface area contributed by atoms with Gasteiger partial charge < -0.3 is 19.0 Å². The van der Waals surface area contributed by atoms with E-state index in [1.54, 1.807) is 0 Å². The first-order valence-corrected chi connectivity index (χ1v) is 5.61. The molecule has 0 radical (unpaired) electrons. The van der Waals surface area contributed by atoms with Crippen LogP contribution in [-0.4, -0.2) is 33.6 Å². The highest BCUT2D eigenvalue weighted by atomic mass is 16.5. The summed E-state index contributed by atoms with van der Waals surface area (Å²) in [6.07, 6.45) is 3.17. The Morgan fingerprint density at radius 2 is 2.24 bits per heavy atom. The molecule has 6 heteroatoms. The molecule has 94 valence electrons. The van der Waals surface area contributed by atoms with E-state index in [2.05, 4.69) is 0 Å². The van der Waals surface area contributed by atoms with Gasteiger partial charge in [0.25, 0.3) is 0 Å². The Labute approximate surface area is 98.1 Å². The first-order chi connectivity index (χ1) is 8.09. The molecule has 1 fully saturated rings. The predicted octanol–water partition coefficient (Wildman–Crippen LogP) is -1.06. The monoisotopic (exact) mass is 240 g/mol. The molecule has 0 saturated carbocycles. The van der Waals surface area contributed by atoms with Crippen LogP contribution >= 0.6 is 0 Å². The normalized spacial score (nSPS) is 21.6. The highest BCUT2D eigenvalue weighted by Gasteiger charge is 2.24.